The van der Waals surface area contributed by atoms with E-state index in [1.165, 1.54) is 41.4 Å². The minimum absolute atomic E-state index is 1.05. The topological polar surface area (TPSA) is 0 Å². The van der Waals surface area contributed by atoms with Gasteiger partial charge in [-0.25, -0.2) is 0 Å². The molecule has 6 aliphatic carbocycles. The van der Waals surface area contributed by atoms with Crippen molar-refractivity contribution in [3.05, 3.63) is 0 Å². The maximum atomic E-state index is 2.60. The van der Waals surface area contributed by atoms with Crippen LogP contribution in [0.25, 0.3) is 0 Å². The van der Waals surface area contributed by atoms with Crippen molar-refractivity contribution in [2.45, 2.75) is 46.5 Å². The van der Waals surface area contributed by atoms with E-state index in [2.05, 4.69) is 20.8 Å². The van der Waals surface area contributed by atoms with Crippen LogP contribution in [0.1, 0.15) is 46.5 Å². The van der Waals surface area contributed by atoms with Crippen molar-refractivity contribution in [3.63, 3.8) is 0 Å². The van der Waals surface area contributed by atoms with Gasteiger partial charge in [-0.2, -0.15) is 0 Å². The van der Waals surface area contributed by atoms with Gasteiger partial charge in [0.2, 0.25) is 0 Å². The van der Waals surface area contributed by atoms with E-state index >= 15 is 0 Å². The molecular weight excluding hydrogens is 240 g/mol. The molecule has 0 heteroatoms. The Labute approximate surface area is 124 Å². The van der Waals surface area contributed by atoms with Crippen molar-refractivity contribution in [2.24, 2.45) is 76.9 Å². The zero-order chi connectivity index (χ0) is 13.3. The smallest absolute Gasteiger partial charge is 0.0318 e. The molecule has 20 heavy (non-hydrogen) atoms. The van der Waals surface area contributed by atoms with Crippen molar-refractivity contribution < 1.29 is 0 Å². The highest BCUT2D eigenvalue weighted by Crippen LogP contribution is 2.78. The Bertz CT molecular complexity index is 467. The monoisotopic (exact) mass is 270 g/mol. The summed E-state index contributed by atoms with van der Waals surface area (Å²) in [5.74, 6) is 15.0. The van der Waals surface area contributed by atoms with Gasteiger partial charge in [0.05, 0.1) is 0 Å². The van der Waals surface area contributed by atoms with E-state index in [0.717, 1.165) is 35.5 Å². The lowest BCUT2D eigenvalue weighted by Gasteiger charge is -2.49. The SMILES string of the molecule is CC1CC2CC1C1C3CC(C21)C1C2CC(C(C)C2C)C31. The summed E-state index contributed by atoms with van der Waals surface area (Å²) >= 11 is 0. The lowest BCUT2D eigenvalue weighted by Crippen LogP contribution is -2.45. The van der Waals surface area contributed by atoms with Crippen molar-refractivity contribution in [1.29, 1.82) is 0 Å². The lowest BCUT2D eigenvalue weighted by molar-refractivity contribution is -0.0165. The van der Waals surface area contributed by atoms with Gasteiger partial charge in [-0.1, -0.05) is 20.8 Å². The molecule has 110 valence electrons. The van der Waals surface area contributed by atoms with Gasteiger partial charge >= 0.3 is 0 Å². The van der Waals surface area contributed by atoms with E-state index in [4.69, 9.17) is 0 Å². The summed E-state index contributed by atoms with van der Waals surface area (Å²) in [5, 5.41) is 0. The molecule has 13 unspecified atom stereocenters. The van der Waals surface area contributed by atoms with Crippen molar-refractivity contribution in [2.75, 3.05) is 0 Å². The first-order valence-electron chi connectivity index (χ1n) is 9.66. The van der Waals surface area contributed by atoms with Gasteiger partial charge < -0.3 is 0 Å². The molecule has 0 heterocycles. The quantitative estimate of drug-likeness (QED) is 0.560. The molecule has 6 fully saturated rings. The van der Waals surface area contributed by atoms with E-state index in [9.17, 15) is 0 Å². The molecule has 6 saturated carbocycles. The Morgan fingerprint density at radius 3 is 1.75 bits per heavy atom. The van der Waals surface area contributed by atoms with Crippen molar-refractivity contribution in [1.82, 2.24) is 0 Å². The molecule has 6 aliphatic rings. The van der Waals surface area contributed by atoms with Gasteiger partial charge in [0.25, 0.3) is 0 Å². The Balaban J connectivity index is 1.42. The normalized spacial score (nSPS) is 75.5. The van der Waals surface area contributed by atoms with E-state index in [1.54, 1.807) is 25.7 Å². The van der Waals surface area contributed by atoms with Crippen LogP contribution in [0, 0.1) is 76.9 Å². The molecule has 0 aromatic rings. The first kappa shape index (κ1) is 11.6. The zero-order valence-electron chi connectivity index (χ0n) is 13.3. The first-order chi connectivity index (χ1) is 9.66. The predicted octanol–water partition coefficient (Wildman–Crippen LogP) is 4.70. The zero-order valence-corrected chi connectivity index (χ0v) is 13.3. The fourth-order valence-corrected chi connectivity index (χ4v) is 9.79. The molecule has 0 aliphatic heterocycles. The van der Waals surface area contributed by atoms with Crippen LogP contribution in [0.3, 0.4) is 0 Å². The molecule has 0 saturated heterocycles. The molecular formula is C20H30. The number of hydrogen-bond acceptors (Lipinski definition) is 0. The summed E-state index contributed by atoms with van der Waals surface area (Å²) < 4.78 is 0. The van der Waals surface area contributed by atoms with E-state index in [-0.39, 0.29) is 0 Å². The van der Waals surface area contributed by atoms with Crippen LogP contribution in [0.15, 0.2) is 0 Å². The molecule has 6 bridgehead atoms. The third kappa shape index (κ3) is 1.00. The van der Waals surface area contributed by atoms with Crippen LogP contribution in [0.5, 0.6) is 0 Å². The number of hydrogen-bond donors (Lipinski definition) is 0. The average molecular weight is 270 g/mol. The van der Waals surface area contributed by atoms with Gasteiger partial charge in [-0.15, -0.1) is 0 Å². The Morgan fingerprint density at radius 1 is 0.500 bits per heavy atom. The third-order valence-corrected chi connectivity index (χ3v) is 10.1. The first-order valence-corrected chi connectivity index (χ1v) is 9.66. The molecule has 0 amide bonds. The molecule has 0 N–H and O–H groups in total. The van der Waals surface area contributed by atoms with Crippen LogP contribution in [0.4, 0.5) is 0 Å². The second kappa shape index (κ2) is 3.33. The second-order valence-electron chi connectivity index (χ2n) is 10.0. The molecule has 13 atom stereocenters. The van der Waals surface area contributed by atoms with Gasteiger partial charge in [0.15, 0.2) is 0 Å². The van der Waals surface area contributed by atoms with Crippen LogP contribution >= 0.6 is 0 Å². The second-order valence-corrected chi connectivity index (χ2v) is 10.0. The fourth-order valence-electron chi connectivity index (χ4n) is 9.79. The molecule has 0 radical (unpaired) electrons. The highest BCUT2D eigenvalue weighted by Gasteiger charge is 2.72. The van der Waals surface area contributed by atoms with Crippen molar-refractivity contribution >= 4 is 0 Å². The van der Waals surface area contributed by atoms with Gasteiger partial charge in [0.1, 0.15) is 0 Å². The fraction of sp³-hybridized carbons (Fsp3) is 1.00. The third-order valence-electron chi connectivity index (χ3n) is 10.1. The van der Waals surface area contributed by atoms with Crippen LogP contribution in [0.2, 0.25) is 0 Å². The van der Waals surface area contributed by atoms with Crippen LogP contribution < -0.4 is 0 Å². The van der Waals surface area contributed by atoms with E-state index < -0.39 is 0 Å². The lowest BCUT2D eigenvalue weighted by atomic mass is 9.56. The maximum Gasteiger partial charge on any atom is -0.0318 e. The molecule has 0 aromatic carbocycles. The molecule has 0 spiro atoms. The molecule has 0 aromatic heterocycles. The highest BCUT2D eigenvalue weighted by atomic mass is 14.8. The van der Waals surface area contributed by atoms with E-state index in [1.807, 2.05) is 0 Å². The van der Waals surface area contributed by atoms with Crippen LogP contribution in [-0.4, -0.2) is 0 Å². The Morgan fingerprint density at radius 2 is 1.05 bits per heavy atom. The van der Waals surface area contributed by atoms with Gasteiger partial charge in [-0.05, 0) is 103 Å². The van der Waals surface area contributed by atoms with Crippen LogP contribution in [-0.2, 0) is 0 Å². The standard InChI is InChI=1S/C20H30/c1-8-4-11-5-12(8)18-16-7-15(17(11)18)19-13-6-14(20(16)19)10(3)9(13)2/h8-20H,4-7H2,1-3H3. The Kier molecular flexibility index (Phi) is 1.92. The van der Waals surface area contributed by atoms with Crippen molar-refractivity contribution in [3.8, 4) is 0 Å². The van der Waals surface area contributed by atoms with Gasteiger partial charge in [0, 0.05) is 0 Å². The summed E-state index contributed by atoms with van der Waals surface area (Å²) in [7, 11) is 0. The summed E-state index contributed by atoms with van der Waals surface area (Å²) in [6.45, 7) is 7.77. The van der Waals surface area contributed by atoms with E-state index in [0.29, 0.717) is 0 Å². The highest BCUT2D eigenvalue weighted by molar-refractivity contribution is 5.20. The summed E-state index contributed by atoms with van der Waals surface area (Å²) in [4.78, 5) is 0. The maximum absolute atomic E-state index is 2.60. The summed E-state index contributed by atoms with van der Waals surface area (Å²) in [6.07, 6.45) is 6.56. The largest absolute Gasteiger partial charge is 0.0622 e. The Hall–Kier alpha value is 0. The minimum atomic E-state index is 1.05. The summed E-state index contributed by atoms with van der Waals surface area (Å²) in [6, 6.07) is 0. The summed E-state index contributed by atoms with van der Waals surface area (Å²) in [5.41, 5.74) is 0. The minimum Gasteiger partial charge on any atom is -0.0622 e. The van der Waals surface area contributed by atoms with Gasteiger partial charge in [-0.3, -0.25) is 0 Å². The average Bonchev–Trinajstić information content (AvgIpc) is 3.16. The number of rotatable bonds is 0. The predicted molar refractivity (Wildman–Crippen MR) is 80.9 cm³/mol. The number of fused-ring (bicyclic) bond motifs is 16. The molecule has 0 nitrogen and oxygen atoms in total. The molecule has 6 rings (SSSR count).